The summed E-state index contributed by atoms with van der Waals surface area (Å²) in [4.78, 5) is 30.0. The molecule has 3 rings (SSSR count). The van der Waals surface area contributed by atoms with Crippen LogP contribution in [0, 0.1) is 13.8 Å². The maximum atomic E-state index is 12.9. The number of fused-ring (bicyclic) bond motifs is 1. The summed E-state index contributed by atoms with van der Waals surface area (Å²) < 4.78 is 6.62. The van der Waals surface area contributed by atoms with Crippen molar-refractivity contribution in [3.05, 3.63) is 69.8 Å². The second-order valence-corrected chi connectivity index (χ2v) is 6.13. The van der Waals surface area contributed by atoms with Crippen LogP contribution >= 0.6 is 0 Å². The fourth-order valence-corrected chi connectivity index (χ4v) is 3.05. The van der Waals surface area contributed by atoms with Crippen LogP contribution in [0.1, 0.15) is 21.6 Å². The SMILES string of the molecule is COCCn1c(C)cc(C)c(C(=O)Nc2cccc3cccnc23)c1=O. The van der Waals surface area contributed by atoms with Gasteiger partial charge in [0.25, 0.3) is 11.5 Å². The lowest BCUT2D eigenvalue weighted by molar-refractivity contribution is 0.102. The van der Waals surface area contributed by atoms with Gasteiger partial charge >= 0.3 is 0 Å². The van der Waals surface area contributed by atoms with E-state index in [9.17, 15) is 9.59 Å². The summed E-state index contributed by atoms with van der Waals surface area (Å²) in [5.74, 6) is -0.434. The fraction of sp³-hybridized carbons (Fsp3) is 0.250. The number of aryl methyl sites for hydroxylation is 2. The van der Waals surface area contributed by atoms with Gasteiger partial charge in [-0.05, 0) is 37.6 Å². The highest BCUT2D eigenvalue weighted by molar-refractivity contribution is 6.08. The third-order valence-corrected chi connectivity index (χ3v) is 4.33. The fourth-order valence-electron chi connectivity index (χ4n) is 3.05. The second kappa shape index (κ2) is 7.49. The van der Waals surface area contributed by atoms with Crippen molar-refractivity contribution >= 4 is 22.5 Å². The van der Waals surface area contributed by atoms with Crippen molar-refractivity contribution in [2.24, 2.45) is 0 Å². The number of pyridine rings is 2. The molecule has 0 unspecified atom stereocenters. The lowest BCUT2D eigenvalue weighted by Crippen LogP contribution is -2.32. The number of benzene rings is 1. The van der Waals surface area contributed by atoms with E-state index in [1.165, 1.54) is 0 Å². The molecular weight excluding hydrogens is 330 g/mol. The van der Waals surface area contributed by atoms with Gasteiger partial charge in [0.15, 0.2) is 0 Å². The van der Waals surface area contributed by atoms with Crippen molar-refractivity contribution in [3.63, 3.8) is 0 Å². The maximum Gasteiger partial charge on any atom is 0.263 e. The number of hydrogen-bond donors (Lipinski definition) is 1. The van der Waals surface area contributed by atoms with E-state index in [0.29, 0.717) is 29.9 Å². The van der Waals surface area contributed by atoms with Crippen molar-refractivity contribution in [2.45, 2.75) is 20.4 Å². The molecule has 6 nitrogen and oxygen atoms in total. The highest BCUT2D eigenvalue weighted by Gasteiger charge is 2.18. The molecule has 26 heavy (non-hydrogen) atoms. The Balaban J connectivity index is 2.01. The normalized spacial score (nSPS) is 10.9. The average Bonchev–Trinajstić information content (AvgIpc) is 2.61. The van der Waals surface area contributed by atoms with Crippen LogP contribution < -0.4 is 10.9 Å². The van der Waals surface area contributed by atoms with E-state index in [1.54, 1.807) is 30.9 Å². The molecule has 0 aliphatic heterocycles. The van der Waals surface area contributed by atoms with Crippen molar-refractivity contribution in [2.75, 3.05) is 19.0 Å². The lowest BCUT2D eigenvalue weighted by Gasteiger charge is -2.14. The van der Waals surface area contributed by atoms with E-state index in [0.717, 1.165) is 11.1 Å². The molecule has 0 fully saturated rings. The molecule has 0 saturated carbocycles. The van der Waals surface area contributed by atoms with Gasteiger partial charge in [-0.2, -0.15) is 0 Å². The number of carbonyl (C=O) groups excluding carboxylic acids is 1. The zero-order valence-electron chi connectivity index (χ0n) is 15.1. The predicted octanol–water partition coefficient (Wildman–Crippen LogP) is 2.91. The van der Waals surface area contributed by atoms with E-state index < -0.39 is 5.91 Å². The Kier molecular flexibility index (Phi) is 5.14. The lowest BCUT2D eigenvalue weighted by atomic mass is 10.1. The Hall–Kier alpha value is -2.99. The van der Waals surface area contributed by atoms with Gasteiger partial charge in [0.2, 0.25) is 0 Å². The molecule has 0 aliphatic rings. The molecule has 2 aromatic heterocycles. The maximum absolute atomic E-state index is 12.9. The Morgan fingerprint density at radius 2 is 2.00 bits per heavy atom. The second-order valence-electron chi connectivity index (χ2n) is 6.13. The topological polar surface area (TPSA) is 73.2 Å². The van der Waals surface area contributed by atoms with Crippen LogP contribution in [0.2, 0.25) is 0 Å². The van der Waals surface area contributed by atoms with Crippen LogP contribution in [0.5, 0.6) is 0 Å². The molecule has 0 atom stereocenters. The summed E-state index contributed by atoms with van der Waals surface area (Å²) in [6, 6.07) is 11.2. The first-order chi connectivity index (χ1) is 12.5. The smallest absolute Gasteiger partial charge is 0.263 e. The largest absolute Gasteiger partial charge is 0.383 e. The van der Waals surface area contributed by atoms with E-state index in [-0.39, 0.29) is 11.1 Å². The van der Waals surface area contributed by atoms with Crippen LogP contribution in [-0.4, -0.2) is 29.2 Å². The quantitative estimate of drug-likeness (QED) is 0.767. The summed E-state index contributed by atoms with van der Waals surface area (Å²) in [5.41, 5.74) is 2.54. The first-order valence-corrected chi connectivity index (χ1v) is 8.38. The first-order valence-electron chi connectivity index (χ1n) is 8.38. The number of aromatic nitrogens is 2. The first kappa shape index (κ1) is 17.8. The van der Waals surface area contributed by atoms with E-state index >= 15 is 0 Å². The van der Waals surface area contributed by atoms with Gasteiger partial charge in [-0.3, -0.25) is 14.6 Å². The molecule has 0 bridgehead atoms. The van der Waals surface area contributed by atoms with Crippen LogP contribution in [-0.2, 0) is 11.3 Å². The molecule has 1 aromatic carbocycles. The predicted molar refractivity (Wildman–Crippen MR) is 102 cm³/mol. The third-order valence-electron chi connectivity index (χ3n) is 4.33. The number of ether oxygens (including phenoxy) is 1. The van der Waals surface area contributed by atoms with E-state index in [4.69, 9.17) is 4.74 Å². The number of anilines is 1. The number of rotatable bonds is 5. The van der Waals surface area contributed by atoms with Gasteiger partial charge in [-0.15, -0.1) is 0 Å². The van der Waals surface area contributed by atoms with Gasteiger partial charge in [-0.25, -0.2) is 0 Å². The van der Waals surface area contributed by atoms with Crippen molar-refractivity contribution < 1.29 is 9.53 Å². The van der Waals surface area contributed by atoms with Gasteiger partial charge in [0.1, 0.15) is 5.56 Å². The Labute approximate surface area is 151 Å². The van der Waals surface area contributed by atoms with Crippen LogP contribution in [0.25, 0.3) is 10.9 Å². The van der Waals surface area contributed by atoms with Crippen molar-refractivity contribution in [1.82, 2.24) is 9.55 Å². The molecule has 0 saturated heterocycles. The molecule has 6 heteroatoms. The Morgan fingerprint density at radius 1 is 1.23 bits per heavy atom. The van der Waals surface area contributed by atoms with Crippen LogP contribution in [0.15, 0.2) is 47.4 Å². The van der Waals surface area contributed by atoms with Crippen LogP contribution in [0.3, 0.4) is 0 Å². The standard InChI is InChI=1S/C20H21N3O3/c1-13-12-14(2)23(10-11-26-3)20(25)17(13)19(24)22-16-8-4-6-15-7-5-9-21-18(15)16/h4-9,12H,10-11H2,1-3H3,(H,22,24). The zero-order chi connectivity index (χ0) is 18.7. The summed E-state index contributed by atoms with van der Waals surface area (Å²) in [7, 11) is 1.58. The number of hydrogen-bond acceptors (Lipinski definition) is 4. The van der Waals surface area contributed by atoms with E-state index in [2.05, 4.69) is 10.3 Å². The van der Waals surface area contributed by atoms with Crippen molar-refractivity contribution in [1.29, 1.82) is 0 Å². The highest BCUT2D eigenvalue weighted by Crippen LogP contribution is 2.21. The number of para-hydroxylation sites is 1. The summed E-state index contributed by atoms with van der Waals surface area (Å²) in [5, 5.41) is 3.76. The highest BCUT2D eigenvalue weighted by atomic mass is 16.5. The molecule has 0 aliphatic carbocycles. The molecule has 134 valence electrons. The zero-order valence-corrected chi connectivity index (χ0v) is 15.1. The van der Waals surface area contributed by atoms with Gasteiger partial charge in [-0.1, -0.05) is 18.2 Å². The minimum Gasteiger partial charge on any atom is -0.383 e. The number of carbonyl (C=O) groups is 1. The summed E-state index contributed by atoms with van der Waals surface area (Å²) >= 11 is 0. The monoisotopic (exact) mass is 351 g/mol. The molecule has 0 radical (unpaired) electrons. The molecular formula is C20H21N3O3. The Bertz CT molecular complexity index is 1020. The number of methoxy groups -OCH3 is 1. The average molecular weight is 351 g/mol. The minimum absolute atomic E-state index is 0.139. The van der Waals surface area contributed by atoms with Gasteiger partial charge in [0, 0.05) is 30.9 Å². The van der Waals surface area contributed by atoms with Crippen molar-refractivity contribution in [3.8, 4) is 0 Å². The van der Waals surface area contributed by atoms with E-state index in [1.807, 2.05) is 37.3 Å². The Morgan fingerprint density at radius 3 is 2.77 bits per heavy atom. The number of nitrogens with zero attached hydrogens (tertiary/aromatic N) is 2. The van der Waals surface area contributed by atoms with Crippen LogP contribution in [0.4, 0.5) is 5.69 Å². The summed E-state index contributed by atoms with van der Waals surface area (Å²) in [6.07, 6.45) is 1.67. The molecule has 0 spiro atoms. The molecule has 3 aromatic rings. The molecule has 1 N–H and O–H groups in total. The summed E-state index contributed by atoms with van der Waals surface area (Å²) in [6.45, 7) is 4.42. The third kappa shape index (κ3) is 3.36. The number of amides is 1. The molecule has 2 heterocycles. The van der Waals surface area contributed by atoms with Gasteiger partial charge < -0.3 is 14.6 Å². The van der Waals surface area contributed by atoms with Gasteiger partial charge in [0.05, 0.1) is 17.8 Å². The molecule has 1 amide bonds. The minimum atomic E-state index is -0.434. The number of nitrogens with one attached hydrogen (secondary N) is 1.